The van der Waals surface area contributed by atoms with Crippen LogP contribution in [0.4, 0.5) is 4.79 Å². The fourth-order valence-corrected chi connectivity index (χ4v) is 2.28. The number of hydrogen-bond acceptors (Lipinski definition) is 5. The normalized spacial score (nSPS) is 16.2. The average molecular weight is 356 g/mol. The molecule has 1 heterocycles. The minimum absolute atomic E-state index is 0.0951. The minimum Gasteiger partial charge on any atom is -0.463 e. The van der Waals surface area contributed by atoms with Gasteiger partial charge in [0, 0.05) is 39.1 Å². The lowest BCUT2D eigenvalue weighted by Crippen LogP contribution is -2.53. The van der Waals surface area contributed by atoms with Crippen molar-refractivity contribution in [1.82, 2.24) is 9.80 Å². The van der Waals surface area contributed by atoms with Gasteiger partial charge in [-0.2, -0.15) is 0 Å². The van der Waals surface area contributed by atoms with Crippen molar-refractivity contribution in [2.24, 2.45) is 10.7 Å². The summed E-state index contributed by atoms with van der Waals surface area (Å²) in [6.45, 7) is 12.0. The second-order valence-corrected chi connectivity index (χ2v) is 7.34. The molecule has 0 atom stereocenters. The molecular formula is C17H32N4O4. The van der Waals surface area contributed by atoms with Gasteiger partial charge in [0.2, 0.25) is 0 Å². The van der Waals surface area contributed by atoms with E-state index in [0.717, 1.165) is 0 Å². The lowest BCUT2D eigenvalue weighted by atomic mass is 10.2. The van der Waals surface area contributed by atoms with E-state index in [1.54, 1.807) is 4.90 Å². The Morgan fingerprint density at radius 1 is 1.12 bits per heavy atom. The summed E-state index contributed by atoms with van der Waals surface area (Å²) in [4.78, 5) is 31.4. The molecule has 1 aliphatic rings. The molecule has 1 amide bonds. The second-order valence-electron chi connectivity index (χ2n) is 7.34. The fraction of sp³-hybridized carbons (Fsp3) is 0.824. The molecule has 1 fully saturated rings. The second kappa shape index (κ2) is 9.48. The predicted molar refractivity (Wildman–Crippen MR) is 96.3 cm³/mol. The number of nitrogens with two attached hydrogens (primary N) is 1. The Hall–Kier alpha value is -1.99. The smallest absolute Gasteiger partial charge is 0.410 e. The van der Waals surface area contributed by atoms with Crippen LogP contribution < -0.4 is 5.73 Å². The Bertz CT molecular complexity index is 478. The summed E-state index contributed by atoms with van der Waals surface area (Å²) in [5.74, 6) is 0.232. The third-order valence-electron chi connectivity index (χ3n) is 3.44. The summed E-state index contributed by atoms with van der Waals surface area (Å²) in [5.41, 5.74) is 5.50. The molecule has 2 N–H and O–H groups in total. The van der Waals surface area contributed by atoms with Crippen molar-refractivity contribution >= 4 is 18.0 Å². The SMILES string of the molecule is CC(C)OC(=O)CCCN=C(N)N1CCN(C(=O)OC(C)(C)C)CC1. The lowest BCUT2D eigenvalue weighted by Gasteiger charge is -2.36. The molecule has 144 valence electrons. The molecule has 0 bridgehead atoms. The predicted octanol–water partition coefficient (Wildman–Crippen LogP) is 1.59. The van der Waals surface area contributed by atoms with Crippen LogP contribution in [0.3, 0.4) is 0 Å². The molecule has 1 rings (SSSR count). The summed E-state index contributed by atoms with van der Waals surface area (Å²) in [6.07, 6.45) is 0.541. The zero-order valence-corrected chi connectivity index (χ0v) is 16.1. The number of nitrogens with zero attached hydrogens (tertiary/aromatic N) is 3. The van der Waals surface area contributed by atoms with E-state index in [0.29, 0.717) is 51.5 Å². The highest BCUT2D eigenvalue weighted by atomic mass is 16.6. The van der Waals surface area contributed by atoms with E-state index in [2.05, 4.69) is 4.99 Å². The number of esters is 1. The van der Waals surface area contributed by atoms with Gasteiger partial charge < -0.3 is 25.0 Å². The maximum absolute atomic E-state index is 12.0. The molecule has 1 saturated heterocycles. The van der Waals surface area contributed by atoms with E-state index in [1.807, 2.05) is 39.5 Å². The van der Waals surface area contributed by atoms with Crippen LogP contribution in [0.1, 0.15) is 47.5 Å². The van der Waals surface area contributed by atoms with Crippen molar-refractivity contribution in [1.29, 1.82) is 0 Å². The Labute approximate surface area is 150 Å². The molecule has 8 nitrogen and oxygen atoms in total. The maximum Gasteiger partial charge on any atom is 0.410 e. The summed E-state index contributed by atoms with van der Waals surface area (Å²) in [7, 11) is 0. The summed E-state index contributed by atoms with van der Waals surface area (Å²) in [5, 5.41) is 0. The maximum atomic E-state index is 12.0. The van der Waals surface area contributed by atoms with Crippen LogP contribution >= 0.6 is 0 Å². The van der Waals surface area contributed by atoms with Gasteiger partial charge in [-0.15, -0.1) is 0 Å². The molecule has 0 aromatic heterocycles. The molecule has 0 aromatic rings. The molecule has 0 radical (unpaired) electrons. The first kappa shape index (κ1) is 21.1. The zero-order chi connectivity index (χ0) is 19.0. The number of carbonyl (C=O) groups is 2. The number of hydrogen-bond donors (Lipinski definition) is 1. The Morgan fingerprint density at radius 3 is 2.20 bits per heavy atom. The number of piperazine rings is 1. The van der Waals surface area contributed by atoms with Crippen molar-refractivity contribution in [3.05, 3.63) is 0 Å². The van der Waals surface area contributed by atoms with Crippen molar-refractivity contribution in [2.45, 2.75) is 59.2 Å². The van der Waals surface area contributed by atoms with E-state index >= 15 is 0 Å². The van der Waals surface area contributed by atoms with E-state index in [4.69, 9.17) is 15.2 Å². The first-order valence-electron chi connectivity index (χ1n) is 8.81. The van der Waals surface area contributed by atoms with Gasteiger partial charge in [-0.1, -0.05) is 0 Å². The van der Waals surface area contributed by atoms with E-state index in [1.165, 1.54) is 0 Å². The highest BCUT2D eigenvalue weighted by Crippen LogP contribution is 2.11. The zero-order valence-electron chi connectivity index (χ0n) is 16.1. The van der Waals surface area contributed by atoms with Crippen LogP contribution in [-0.4, -0.2) is 72.3 Å². The number of guanidine groups is 1. The molecule has 0 saturated carbocycles. The Balaban J connectivity index is 2.31. The monoisotopic (exact) mass is 356 g/mol. The van der Waals surface area contributed by atoms with Crippen LogP contribution in [0.15, 0.2) is 4.99 Å². The number of carbonyl (C=O) groups excluding carboxylic acids is 2. The summed E-state index contributed by atoms with van der Waals surface area (Å²) >= 11 is 0. The molecular weight excluding hydrogens is 324 g/mol. The molecule has 8 heteroatoms. The number of rotatable bonds is 5. The first-order valence-corrected chi connectivity index (χ1v) is 8.81. The quantitative estimate of drug-likeness (QED) is 0.348. The Kier molecular flexibility index (Phi) is 7.99. The van der Waals surface area contributed by atoms with Crippen molar-refractivity contribution in [2.75, 3.05) is 32.7 Å². The molecule has 0 aromatic carbocycles. The van der Waals surface area contributed by atoms with E-state index in [9.17, 15) is 9.59 Å². The summed E-state index contributed by atoms with van der Waals surface area (Å²) in [6, 6.07) is 0. The highest BCUT2D eigenvalue weighted by molar-refractivity contribution is 5.78. The summed E-state index contributed by atoms with van der Waals surface area (Å²) < 4.78 is 10.4. The van der Waals surface area contributed by atoms with Gasteiger partial charge in [0.05, 0.1) is 6.10 Å². The Morgan fingerprint density at radius 2 is 1.68 bits per heavy atom. The van der Waals surface area contributed by atoms with E-state index < -0.39 is 5.60 Å². The van der Waals surface area contributed by atoms with Crippen LogP contribution in [0.2, 0.25) is 0 Å². The molecule has 1 aliphatic heterocycles. The van der Waals surface area contributed by atoms with Crippen LogP contribution in [0, 0.1) is 0 Å². The first-order chi connectivity index (χ1) is 11.6. The van der Waals surface area contributed by atoms with Crippen LogP contribution in [-0.2, 0) is 14.3 Å². The van der Waals surface area contributed by atoms with Crippen LogP contribution in [0.25, 0.3) is 0 Å². The number of ether oxygens (including phenoxy) is 2. The number of amides is 1. The van der Waals surface area contributed by atoms with Gasteiger partial charge in [-0.3, -0.25) is 9.79 Å². The van der Waals surface area contributed by atoms with Gasteiger partial charge in [-0.25, -0.2) is 4.79 Å². The topological polar surface area (TPSA) is 97.5 Å². The molecule has 25 heavy (non-hydrogen) atoms. The largest absolute Gasteiger partial charge is 0.463 e. The van der Waals surface area contributed by atoms with Gasteiger partial charge >= 0.3 is 12.1 Å². The van der Waals surface area contributed by atoms with Gasteiger partial charge in [-0.05, 0) is 41.0 Å². The average Bonchev–Trinajstić information content (AvgIpc) is 2.49. The molecule has 0 spiro atoms. The van der Waals surface area contributed by atoms with E-state index in [-0.39, 0.29) is 18.2 Å². The lowest BCUT2D eigenvalue weighted by molar-refractivity contribution is -0.147. The number of aliphatic imine (C=N–C) groups is 1. The minimum atomic E-state index is -0.495. The molecule has 0 aliphatic carbocycles. The van der Waals surface area contributed by atoms with Crippen molar-refractivity contribution < 1.29 is 19.1 Å². The third-order valence-corrected chi connectivity index (χ3v) is 3.44. The highest BCUT2D eigenvalue weighted by Gasteiger charge is 2.26. The molecule has 0 unspecified atom stereocenters. The van der Waals surface area contributed by atoms with Crippen molar-refractivity contribution in [3.8, 4) is 0 Å². The van der Waals surface area contributed by atoms with Gasteiger partial charge in [0.25, 0.3) is 0 Å². The fourth-order valence-electron chi connectivity index (χ4n) is 2.28. The standard InChI is InChI=1S/C17H32N4O4/c1-13(2)24-14(22)7-6-8-19-15(18)20-9-11-21(12-10-20)16(23)25-17(3,4)5/h13H,6-12H2,1-5H3,(H2,18,19). The third kappa shape index (κ3) is 8.60. The van der Waals surface area contributed by atoms with Crippen LogP contribution in [0.5, 0.6) is 0 Å². The van der Waals surface area contributed by atoms with Gasteiger partial charge in [0.1, 0.15) is 5.60 Å². The van der Waals surface area contributed by atoms with Crippen molar-refractivity contribution in [3.63, 3.8) is 0 Å². The van der Waals surface area contributed by atoms with Gasteiger partial charge in [0.15, 0.2) is 5.96 Å².